The van der Waals surface area contributed by atoms with Gasteiger partial charge >= 0.3 is 0 Å². The van der Waals surface area contributed by atoms with Crippen LogP contribution in [0.4, 0.5) is 11.4 Å². The van der Waals surface area contributed by atoms with Crippen LogP contribution in [0.5, 0.6) is 0 Å². The second-order valence-corrected chi connectivity index (χ2v) is 13.0. The van der Waals surface area contributed by atoms with Gasteiger partial charge in [0.1, 0.15) is 0 Å². The van der Waals surface area contributed by atoms with Gasteiger partial charge in [-0.2, -0.15) is 0 Å². The summed E-state index contributed by atoms with van der Waals surface area (Å²) < 4.78 is 2.51. The number of carbonyl (C=O) groups excluding carboxylic acids is 2. The highest BCUT2D eigenvalue weighted by Gasteiger charge is 2.20. The maximum Gasteiger partial charge on any atom is 0.274 e. The Morgan fingerprint density at radius 3 is 1.50 bits per heavy atom. The van der Waals surface area contributed by atoms with Gasteiger partial charge in [0, 0.05) is 36.1 Å². The van der Waals surface area contributed by atoms with E-state index in [-0.39, 0.29) is 34.4 Å². The van der Waals surface area contributed by atoms with Gasteiger partial charge in [0.2, 0.25) is 0 Å². The molecule has 4 aromatic rings. The third-order valence-corrected chi connectivity index (χ3v) is 9.53. The highest BCUT2D eigenvalue weighted by molar-refractivity contribution is 8.15. The van der Waals surface area contributed by atoms with E-state index in [1.165, 1.54) is 34.8 Å². The molecule has 0 bridgehead atoms. The van der Waals surface area contributed by atoms with Gasteiger partial charge in [-0.05, 0) is 48.5 Å². The van der Waals surface area contributed by atoms with Crippen molar-refractivity contribution in [2.75, 3.05) is 0 Å². The topological polar surface area (TPSA) is 146 Å². The monoisotopic (exact) mass is 590 g/mol. The van der Waals surface area contributed by atoms with Gasteiger partial charge < -0.3 is 0 Å². The van der Waals surface area contributed by atoms with Gasteiger partial charge in [-0.3, -0.25) is 29.8 Å². The summed E-state index contributed by atoms with van der Waals surface area (Å²) in [7, 11) is 0. The molecule has 0 aliphatic rings. The number of thioether (sulfide) groups is 2. The van der Waals surface area contributed by atoms with Crippen molar-refractivity contribution in [3.8, 4) is 0 Å². The van der Waals surface area contributed by atoms with Crippen molar-refractivity contribution < 1.29 is 19.4 Å². The van der Waals surface area contributed by atoms with E-state index in [0.29, 0.717) is 43.7 Å². The SMILES string of the molecule is CCCc1cc2sc(SC(=O)CCC(=O)Sc3nc4cc([N+](=O)[O-])c(CCC)cc4s3)nc2cc1[N+](=O)[O-]. The van der Waals surface area contributed by atoms with Gasteiger partial charge in [0.05, 0.1) is 30.3 Å². The molecule has 14 heteroatoms. The Labute approximate surface area is 233 Å². The molecule has 0 aliphatic heterocycles. The van der Waals surface area contributed by atoms with E-state index in [4.69, 9.17) is 0 Å². The molecular formula is C24H22N4O6S4. The highest BCUT2D eigenvalue weighted by Crippen LogP contribution is 2.37. The number of aryl methyl sites for hydroxylation is 2. The summed E-state index contributed by atoms with van der Waals surface area (Å²) in [5.41, 5.74) is 2.29. The molecule has 10 nitrogen and oxygen atoms in total. The molecule has 4 rings (SSSR count). The summed E-state index contributed by atoms with van der Waals surface area (Å²) in [4.78, 5) is 55.7. The minimum Gasteiger partial charge on any atom is -0.287 e. The lowest BCUT2D eigenvalue weighted by Gasteiger charge is -2.00. The molecule has 0 aliphatic carbocycles. The van der Waals surface area contributed by atoms with Crippen molar-refractivity contribution >= 4 is 88.2 Å². The maximum absolute atomic E-state index is 12.5. The number of hydrogen-bond donors (Lipinski definition) is 0. The minimum absolute atomic E-state index is 0.00464. The van der Waals surface area contributed by atoms with Crippen LogP contribution in [0.15, 0.2) is 32.9 Å². The van der Waals surface area contributed by atoms with E-state index < -0.39 is 9.85 Å². The van der Waals surface area contributed by atoms with Crippen LogP contribution in [0.2, 0.25) is 0 Å². The Bertz CT molecular complexity index is 1450. The fourth-order valence-corrected chi connectivity index (χ4v) is 7.84. The zero-order valence-corrected chi connectivity index (χ0v) is 23.7. The fourth-order valence-electron chi connectivity index (χ4n) is 3.83. The number of rotatable bonds is 11. The van der Waals surface area contributed by atoms with Crippen LogP contribution in [0.1, 0.15) is 50.7 Å². The lowest BCUT2D eigenvalue weighted by atomic mass is 10.1. The predicted octanol–water partition coefficient (Wildman–Crippen LogP) is 7.35. The normalized spacial score (nSPS) is 11.3. The van der Waals surface area contributed by atoms with Crippen molar-refractivity contribution in [1.29, 1.82) is 0 Å². The molecule has 198 valence electrons. The molecule has 2 heterocycles. The predicted molar refractivity (Wildman–Crippen MR) is 152 cm³/mol. The summed E-state index contributed by atoms with van der Waals surface area (Å²) in [6.45, 7) is 3.90. The Kier molecular flexibility index (Phi) is 9.07. The molecule has 0 fully saturated rings. The van der Waals surface area contributed by atoms with Gasteiger partial charge in [-0.1, -0.05) is 26.7 Å². The van der Waals surface area contributed by atoms with E-state index in [0.717, 1.165) is 45.8 Å². The summed E-state index contributed by atoms with van der Waals surface area (Å²) in [5.74, 6) is 0. The quantitative estimate of drug-likeness (QED) is 0.0986. The van der Waals surface area contributed by atoms with Crippen LogP contribution in [-0.2, 0) is 22.4 Å². The first-order chi connectivity index (χ1) is 18.2. The third-order valence-electron chi connectivity index (χ3n) is 5.51. The second-order valence-electron chi connectivity index (χ2n) is 8.32. The molecule has 0 spiro atoms. The minimum atomic E-state index is -0.415. The summed E-state index contributed by atoms with van der Waals surface area (Å²) in [6.07, 6.45) is 2.71. The van der Waals surface area contributed by atoms with Crippen molar-refractivity contribution in [3.05, 3.63) is 55.6 Å². The molecule has 0 saturated carbocycles. The van der Waals surface area contributed by atoms with E-state index in [1.54, 1.807) is 12.1 Å². The molecule has 0 N–H and O–H groups in total. The van der Waals surface area contributed by atoms with Crippen LogP contribution >= 0.6 is 46.2 Å². The van der Waals surface area contributed by atoms with Gasteiger partial charge in [-0.15, -0.1) is 22.7 Å². The lowest BCUT2D eigenvalue weighted by Crippen LogP contribution is -1.97. The number of carbonyl (C=O) groups is 2. The average Bonchev–Trinajstić information content (AvgIpc) is 3.43. The number of hydrogen-bond acceptors (Lipinski definition) is 12. The summed E-state index contributed by atoms with van der Waals surface area (Å²) in [5, 5.41) is 22.3. The second kappa shape index (κ2) is 12.3. The van der Waals surface area contributed by atoms with Crippen molar-refractivity contribution in [2.24, 2.45) is 0 Å². The Balaban J connectivity index is 1.38. The molecule has 38 heavy (non-hydrogen) atoms. The maximum atomic E-state index is 12.5. The van der Waals surface area contributed by atoms with Crippen LogP contribution in [-0.4, -0.2) is 30.0 Å². The first-order valence-corrected chi connectivity index (χ1v) is 15.0. The van der Waals surface area contributed by atoms with Crippen molar-refractivity contribution in [1.82, 2.24) is 9.97 Å². The van der Waals surface area contributed by atoms with Gasteiger partial charge in [0.15, 0.2) is 18.9 Å². The number of aromatic nitrogens is 2. The van der Waals surface area contributed by atoms with E-state index in [9.17, 15) is 29.8 Å². The molecule has 0 unspecified atom stereocenters. The van der Waals surface area contributed by atoms with Crippen molar-refractivity contribution in [2.45, 2.75) is 61.1 Å². The zero-order chi connectivity index (χ0) is 27.4. The van der Waals surface area contributed by atoms with Crippen LogP contribution in [0.25, 0.3) is 20.4 Å². The van der Waals surface area contributed by atoms with Crippen LogP contribution in [0, 0.1) is 20.2 Å². The molecular weight excluding hydrogens is 569 g/mol. The van der Waals surface area contributed by atoms with Gasteiger partial charge in [0.25, 0.3) is 11.4 Å². The molecule has 2 aromatic carbocycles. The number of nitro groups is 2. The number of nitro benzene ring substituents is 2. The first-order valence-electron chi connectivity index (χ1n) is 11.8. The third kappa shape index (κ3) is 6.54. The molecule has 0 amide bonds. The van der Waals surface area contributed by atoms with Crippen LogP contribution < -0.4 is 0 Å². The Morgan fingerprint density at radius 2 is 1.16 bits per heavy atom. The zero-order valence-electron chi connectivity index (χ0n) is 20.4. The molecule has 0 saturated heterocycles. The van der Waals surface area contributed by atoms with Crippen molar-refractivity contribution in [3.63, 3.8) is 0 Å². The summed E-state index contributed by atoms with van der Waals surface area (Å²) >= 11 is 4.44. The number of fused-ring (bicyclic) bond motifs is 2. The molecule has 0 radical (unpaired) electrons. The summed E-state index contributed by atoms with van der Waals surface area (Å²) in [6, 6.07) is 6.43. The number of nitrogens with zero attached hydrogens (tertiary/aromatic N) is 4. The molecule has 2 aromatic heterocycles. The first kappa shape index (κ1) is 28.1. The smallest absolute Gasteiger partial charge is 0.274 e. The number of benzene rings is 2. The Morgan fingerprint density at radius 1 is 0.763 bits per heavy atom. The van der Waals surface area contributed by atoms with E-state index in [2.05, 4.69) is 9.97 Å². The Hall–Kier alpha value is -2.94. The number of thiazole rings is 2. The van der Waals surface area contributed by atoms with Crippen LogP contribution in [0.3, 0.4) is 0 Å². The van der Waals surface area contributed by atoms with Gasteiger partial charge in [-0.25, -0.2) is 9.97 Å². The average molecular weight is 591 g/mol. The fraction of sp³-hybridized carbons (Fsp3) is 0.333. The van der Waals surface area contributed by atoms with E-state index >= 15 is 0 Å². The lowest BCUT2D eigenvalue weighted by molar-refractivity contribution is -0.385. The standard InChI is InChI=1S/C24H22N4O6S4/c1-3-5-13-9-19-15(11-17(13)27(31)32)25-23(35-19)37-21(29)7-8-22(30)38-24-26-16-12-18(28(33)34)14(6-4-2)10-20(16)36-24/h9-12H,3-8H2,1-2H3. The largest absolute Gasteiger partial charge is 0.287 e. The molecule has 0 atom stereocenters. The highest BCUT2D eigenvalue weighted by atomic mass is 32.2. The van der Waals surface area contributed by atoms with E-state index in [1.807, 2.05) is 13.8 Å².